The highest BCUT2D eigenvalue weighted by Crippen LogP contribution is 2.35. The number of anilines is 2. The second kappa shape index (κ2) is 9.84. The first-order valence-corrected chi connectivity index (χ1v) is 12.7. The minimum atomic E-state index is -4.14. The summed E-state index contributed by atoms with van der Waals surface area (Å²) in [5.41, 5.74) is 0.515. The SMILES string of the molecule is COc1ccc(S(=O)(=O)Nc2ccccc2C(=O)N2CCCCCC2)cc1N1C(=O)CCC1=O. The number of rotatable bonds is 6. The normalized spacial score (nSPS) is 17.0. The zero-order valence-electron chi connectivity index (χ0n) is 19.0. The van der Waals surface area contributed by atoms with Crippen molar-refractivity contribution in [3.63, 3.8) is 0 Å². The molecule has 0 aromatic heterocycles. The van der Waals surface area contributed by atoms with Gasteiger partial charge in [-0.3, -0.25) is 19.1 Å². The number of ether oxygens (including phenoxy) is 1. The van der Waals surface area contributed by atoms with E-state index >= 15 is 0 Å². The van der Waals surface area contributed by atoms with E-state index in [0.29, 0.717) is 13.1 Å². The maximum absolute atomic E-state index is 13.3. The Bertz CT molecular complexity index is 1200. The lowest BCUT2D eigenvalue weighted by molar-refractivity contribution is -0.121. The van der Waals surface area contributed by atoms with Crippen LogP contribution < -0.4 is 14.4 Å². The Morgan fingerprint density at radius 1 is 0.941 bits per heavy atom. The molecule has 0 saturated carbocycles. The third kappa shape index (κ3) is 4.77. The van der Waals surface area contributed by atoms with E-state index in [4.69, 9.17) is 4.74 Å². The third-order valence-corrected chi connectivity index (χ3v) is 7.41. The Labute approximate surface area is 198 Å². The third-order valence-electron chi connectivity index (χ3n) is 6.05. The average molecular weight is 486 g/mol. The molecule has 10 heteroatoms. The lowest BCUT2D eigenvalue weighted by Gasteiger charge is -2.22. The van der Waals surface area contributed by atoms with Gasteiger partial charge in [-0.25, -0.2) is 13.3 Å². The summed E-state index contributed by atoms with van der Waals surface area (Å²) in [7, 11) is -2.77. The summed E-state index contributed by atoms with van der Waals surface area (Å²) in [5.74, 6) is -0.846. The largest absolute Gasteiger partial charge is 0.495 e. The molecule has 2 aliphatic rings. The van der Waals surface area contributed by atoms with Gasteiger partial charge in [0.05, 0.1) is 28.9 Å². The molecule has 4 rings (SSSR count). The van der Waals surface area contributed by atoms with E-state index in [1.54, 1.807) is 29.2 Å². The fraction of sp³-hybridized carbons (Fsp3) is 0.375. The van der Waals surface area contributed by atoms with Crippen molar-refractivity contribution in [3.8, 4) is 5.75 Å². The van der Waals surface area contributed by atoms with E-state index in [1.165, 1.54) is 25.3 Å². The van der Waals surface area contributed by atoms with Gasteiger partial charge in [0.25, 0.3) is 15.9 Å². The fourth-order valence-corrected chi connectivity index (χ4v) is 5.36. The summed E-state index contributed by atoms with van der Waals surface area (Å²) >= 11 is 0. The first-order valence-electron chi connectivity index (χ1n) is 11.3. The van der Waals surface area contributed by atoms with Gasteiger partial charge < -0.3 is 9.64 Å². The lowest BCUT2D eigenvalue weighted by atomic mass is 10.1. The van der Waals surface area contributed by atoms with E-state index in [2.05, 4.69) is 4.72 Å². The van der Waals surface area contributed by atoms with Crippen molar-refractivity contribution in [1.82, 2.24) is 4.90 Å². The number of hydrogen-bond donors (Lipinski definition) is 1. The number of benzene rings is 2. The quantitative estimate of drug-likeness (QED) is 0.629. The molecular weight excluding hydrogens is 458 g/mol. The molecule has 0 bridgehead atoms. The Balaban J connectivity index is 1.66. The highest BCUT2D eigenvalue weighted by molar-refractivity contribution is 7.92. The van der Waals surface area contributed by atoms with Gasteiger partial charge in [-0.05, 0) is 43.2 Å². The predicted octanol–water partition coefficient (Wildman–Crippen LogP) is 3.17. The smallest absolute Gasteiger partial charge is 0.261 e. The number of para-hydroxylation sites is 1. The van der Waals surface area contributed by atoms with Crippen molar-refractivity contribution in [2.75, 3.05) is 29.8 Å². The molecule has 180 valence electrons. The highest BCUT2D eigenvalue weighted by Gasteiger charge is 2.33. The van der Waals surface area contributed by atoms with Crippen molar-refractivity contribution in [1.29, 1.82) is 0 Å². The van der Waals surface area contributed by atoms with Crippen LogP contribution in [-0.4, -0.2) is 51.2 Å². The topological polar surface area (TPSA) is 113 Å². The van der Waals surface area contributed by atoms with Crippen molar-refractivity contribution < 1.29 is 27.5 Å². The van der Waals surface area contributed by atoms with Gasteiger partial charge >= 0.3 is 0 Å². The van der Waals surface area contributed by atoms with E-state index in [-0.39, 0.29) is 46.3 Å². The summed E-state index contributed by atoms with van der Waals surface area (Å²) < 4.78 is 34.3. The maximum Gasteiger partial charge on any atom is 0.261 e. The molecule has 2 fully saturated rings. The zero-order chi connectivity index (χ0) is 24.3. The Morgan fingerprint density at radius 2 is 1.59 bits per heavy atom. The van der Waals surface area contributed by atoms with Crippen LogP contribution in [0, 0.1) is 0 Å². The zero-order valence-corrected chi connectivity index (χ0v) is 19.8. The molecule has 0 aliphatic carbocycles. The molecule has 1 N–H and O–H groups in total. The maximum atomic E-state index is 13.3. The number of nitrogens with one attached hydrogen (secondary N) is 1. The number of carbonyl (C=O) groups excluding carboxylic acids is 3. The first-order chi connectivity index (χ1) is 16.3. The van der Waals surface area contributed by atoms with Crippen molar-refractivity contribution in [3.05, 3.63) is 48.0 Å². The minimum absolute atomic E-state index is 0.0587. The summed E-state index contributed by atoms with van der Waals surface area (Å²) in [6, 6.07) is 10.5. The Morgan fingerprint density at radius 3 is 2.24 bits per heavy atom. The van der Waals surface area contributed by atoms with Gasteiger partial charge in [-0.2, -0.15) is 0 Å². The molecule has 2 heterocycles. The van der Waals surface area contributed by atoms with E-state index < -0.39 is 21.8 Å². The molecule has 9 nitrogen and oxygen atoms in total. The molecule has 34 heavy (non-hydrogen) atoms. The molecule has 2 aliphatic heterocycles. The van der Waals surface area contributed by atoms with Crippen LogP contribution in [-0.2, 0) is 19.6 Å². The van der Waals surface area contributed by atoms with Crippen LogP contribution in [0.5, 0.6) is 5.75 Å². The average Bonchev–Trinajstić information content (AvgIpc) is 3.01. The van der Waals surface area contributed by atoms with Gasteiger partial charge in [0, 0.05) is 25.9 Å². The molecule has 0 spiro atoms. The number of imide groups is 1. The van der Waals surface area contributed by atoms with Crippen LogP contribution in [0.15, 0.2) is 47.4 Å². The summed E-state index contributed by atoms with van der Waals surface area (Å²) in [5, 5.41) is 0. The summed E-state index contributed by atoms with van der Waals surface area (Å²) in [6.45, 7) is 1.28. The molecular formula is C24H27N3O6S. The van der Waals surface area contributed by atoms with Crippen LogP contribution in [0.2, 0.25) is 0 Å². The molecule has 0 unspecified atom stereocenters. The van der Waals surface area contributed by atoms with Crippen LogP contribution in [0.4, 0.5) is 11.4 Å². The monoisotopic (exact) mass is 485 g/mol. The van der Waals surface area contributed by atoms with Gasteiger partial charge in [0.2, 0.25) is 11.8 Å². The summed E-state index contributed by atoms with van der Waals surface area (Å²) in [6.07, 6.45) is 4.09. The molecule has 2 aromatic carbocycles. The van der Waals surface area contributed by atoms with Gasteiger partial charge in [-0.15, -0.1) is 0 Å². The number of likely N-dealkylation sites (tertiary alicyclic amines) is 1. The Kier molecular flexibility index (Phi) is 6.87. The lowest BCUT2D eigenvalue weighted by Crippen LogP contribution is -2.32. The molecule has 0 atom stereocenters. The molecule has 3 amide bonds. The molecule has 0 radical (unpaired) electrons. The van der Waals surface area contributed by atoms with E-state index in [0.717, 1.165) is 30.6 Å². The standard InChI is InChI=1S/C24H27N3O6S/c1-33-21-11-10-17(16-20(21)27-22(28)12-13-23(27)29)34(31,32)25-19-9-5-4-8-18(19)24(30)26-14-6-2-3-7-15-26/h4-5,8-11,16,25H,2-3,6-7,12-15H2,1H3. The second-order valence-corrected chi connectivity index (χ2v) is 10.00. The molecule has 2 saturated heterocycles. The number of carbonyl (C=O) groups is 3. The van der Waals surface area contributed by atoms with E-state index in [9.17, 15) is 22.8 Å². The van der Waals surface area contributed by atoms with Crippen LogP contribution in [0.25, 0.3) is 0 Å². The fourth-order valence-electron chi connectivity index (χ4n) is 4.26. The number of hydrogen-bond acceptors (Lipinski definition) is 6. The number of amides is 3. The second-order valence-electron chi connectivity index (χ2n) is 8.31. The van der Waals surface area contributed by atoms with Crippen LogP contribution in [0.1, 0.15) is 48.9 Å². The minimum Gasteiger partial charge on any atom is -0.495 e. The van der Waals surface area contributed by atoms with Gasteiger partial charge in [0.1, 0.15) is 5.75 Å². The van der Waals surface area contributed by atoms with Gasteiger partial charge in [-0.1, -0.05) is 25.0 Å². The first kappa shape index (κ1) is 23.7. The van der Waals surface area contributed by atoms with Gasteiger partial charge in [0.15, 0.2) is 0 Å². The number of methoxy groups -OCH3 is 1. The van der Waals surface area contributed by atoms with Crippen LogP contribution in [0.3, 0.4) is 0 Å². The van der Waals surface area contributed by atoms with E-state index in [1.807, 2.05) is 0 Å². The van der Waals surface area contributed by atoms with Crippen LogP contribution >= 0.6 is 0 Å². The summed E-state index contributed by atoms with van der Waals surface area (Å²) in [4.78, 5) is 40.2. The van der Waals surface area contributed by atoms with Crippen molar-refractivity contribution >= 4 is 39.1 Å². The highest BCUT2D eigenvalue weighted by atomic mass is 32.2. The number of sulfonamides is 1. The number of nitrogens with zero attached hydrogens (tertiary/aromatic N) is 2. The van der Waals surface area contributed by atoms with Crippen molar-refractivity contribution in [2.45, 2.75) is 43.4 Å². The van der Waals surface area contributed by atoms with Crippen molar-refractivity contribution in [2.24, 2.45) is 0 Å². The molecule has 2 aromatic rings. The Hall–Kier alpha value is -3.40. The predicted molar refractivity (Wildman–Crippen MR) is 126 cm³/mol.